The quantitative estimate of drug-likeness (QED) is 0.538. The molecule has 0 amide bonds. The van der Waals surface area contributed by atoms with Gasteiger partial charge in [0.2, 0.25) is 5.43 Å². The molecule has 0 saturated carbocycles. The fourth-order valence-electron chi connectivity index (χ4n) is 3.95. The number of benzene rings is 2. The van der Waals surface area contributed by atoms with Gasteiger partial charge in [0.1, 0.15) is 27.5 Å². The fraction of sp³-hybridized carbons (Fsp3) is 0.200. The first-order valence-corrected chi connectivity index (χ1v) is 9.88. The zero-order valence-electron chi connectivity index (χ0n) is 15.0. The Morgan fingerprint density at radius 2 is 1.69 bits per heavy atom. The zero-order valence-corrected chi connectivity index (χ0v) is 15.8. The third-order valence-corrected chi connectivity index (χ3v) is 6.12. The molecule has 1 N–H and O–H groups in total. The van der Waals surface area contributed by atoms with Gasteiger partial charge in [0.05, 0.1) is 10.9 Å². The summed E-state index contributed by atoms with van der Waals surface area (Å²) in [5.41, 5.74) is -1.33. The second kappa shape index (κ2) is 6.48. The van der Waals surface area contributed by atoms with Crippen molar-refractivity contribution in [1.29, 1.82) is 0 Å². The van der Waals surface area contributed by atoms with Gasteiger partial charge in [-0.25, -0.2) is 13.2 Å². The van der Waals surface area contributed by atoms with Crippen LogP contribution in [0.15, 0.2) is 39.9 Å². The van der Waals surface area contributed by atoms with Gasteiger partial charge in [-0.3, -0.25) is 18.5 Å². The molecule has 0 aliphatic carbocycles. The number of halogens is 3. The number of rotatable bonds is 2. The minimum absolute atomic E-state index is 0.132. The summed E-state index contributed by atoms with van der Waals surface area (Å²) in [6.45, 7) is 1.03. The molecule has 0 radical (unpaired) electrons. The van der Waals surface area contributed by atoms with Crippen LogP contribution in [0.1, 0.15) is 12.8 Å². The van der Waals surface area contributed by atoms with Crippen LogP contribution in [0.3, 0.4) is 0 Å². The number of hydrogen-bond donors (Lipinski definition) is 1. The summed E-state index contributed by atoms with van der Waals surface area (Å²) in [6, 6.07) is 6.22. The maximum Gasteiger partial charge on any atom is 0.271 e. The average Bonchev–Trinajstić information content (AvgIpc) is 3.34. The molecule has 148 valence electrons. The van der Waals surface area contributed by atoms with Crippen LogP contribution in [0.25, 0.3) is 26.8 Å². The highest BCUT2D eigenvalue weighted by Crippen LogP contribution is 2.34. The van der Waals surface area contributed by atoms with E-state index in [1.807, 2.05) is 0 Å². The Hall–Kier alpha value is -3.07. The van der Waals surface area contributed by atoms with Crippen molar-refractivity contribution < 1.29 is 13.2 Å². The van der Waals surface area contributed by atoms with Gasteiger partial charge in [-0.2, -0.15) is 0 Å². The molecule has 1 aliphatic heterocycles. The van der Waals surface area contributed by atoms with Crippen LogP contribution in [0, 0.1) is 17.5 Å². The van der Waals surface area contributed by atoms with Crippen LogP contribution in [-0.4, -0.2) is 22.0 Å². The topological polar surface area (TPSA) is 58.1 Å². The molecule has 2 aromatic heterocycles. The average molecular weight is 417 g/mol. The summed E-state index contributed by atoms with van der Waals surface area (Å²) in [5.74, 6) is -2.20. The number of fused-ring (bicyclic) bond motifs is 2. The second-order valence-corrected chi connectivity index (χ2v) is 7.76. The van der Waals surface area contributed by atoms with Crippen LogP contribution < -0.4 is 15.9 Å². The lowest BCUT2D eigenvalue weighted by Crippen LogP contribution is -2.23. The van der Waals surface area contributed by atoms with Crippen LogP contribution in [-0.2, 0) is 0 Å². The molecule has 5 rings (SSSR count). The molecule has 1 fully saturated rings. The van der Waals surface area contributed by atoms with Crippen molar-refractivity contribution in [2.24, 2.45) is 0 Å². The first-order chi connectivity index (χ1) is 14.0. The highest BCUT2D eigenvalue weighted by molar-refractivity contribution is 7.12. The summed E-state index contributed by atoms with van der Waals surface area (Å²) < 4.78 is 47.9. The van der Waals surface area contributed by atoms with E-state index in [0.717, 1.165) is 30.4 Å². The van der Waals surface area contributed by atoms with E-state index in [1.165, 1.54) is 28.8 Å². The van der Waals surface area contributed by atoms with E-state index in [4.69, 9.17) is 0 Å². The van der Waals surface area contributed by atoms with Gasteiger partial charge in [-0.1, -0.05) is 0 Å². The molecule has 1 saturated heterocycles. The Kier molecular flexibility index (Phi) is 4.02. The number of H-pyrrole nitrogens is 1. The van der Waals surface area contributed by atoms with Crippen LogP contribution >= 0.6 is 11.5 Å². The van der Waals surface area contributed by atoms with Crippen LogP contribution in [0.2, 0.25) is 0 Å². The van der Waals surface area contributed by atoms with Crippen LogP contribution in [0.5, 0.6) is 0 Å². The van der Waals surface area contributed by atoms with Gasteiger partial charge < -0.3 is 4.90 Å². The Balaban J connectivity index is 1.99. The number of hydrogen-bond acceptors (Lipinski definition) is 4. The van der Waals surface area contributed by atoms with Gasteiger partial charge in [0.25, 0.3) is 5.56 Å². The van der Waals surface area contributed by atoms with Crippen molar-refractivity contribution in [3.05, 3.63) is 68.4 Å². The Morgan fingerprint density at radius 1 is 1.00 bits per heavy atom. The Morgan fingerprint density at radius 3 is 2.38 bits per heavy atom. The molecule has 0 atom stereocenters. The maximum atomic E-state index is 15.7. The number of nitrogens with zero attached hydrogens (tertiary/aromatic N) is 2. The van der Waals surface area contributed by atoms with Gasteiger partial charge in [-0.05, 0) is 54.7 Å². The molecule has 3 heterocycles. The van der Waals surface area contributed by atoms with Gasteiger partial charge in [-0.15, -0.1) is 0 Å². The number of aromatic nitrogens is 2. The maximum absolute atomic E-state index is 15.7. The first kappa shape index (κ1) is 18.0. The number of pyridine rings is 1. The highest BCUT2D eigenvalue weighted by Gasteiger charge is 2.27. The largest absolute Gasteiger partial charge is 0.367 e. The molecule has 0 spiro atoms. The number of aromatic amines is 1. The van der Waals surface area contributed by atoms with Crippen molar-refractivity contribution in [1.82, 2.24) is 8.94 Å². The zero-order chi connectivity index (χ0) is 20.3. The third kappa shape index (κ3) is 2.61. The SMILES string of the molecule is O=c1[nH]sc2c1c(=O)c1cc(F)c(N3CCCC3)c(F)c1n2-c1ccc(F)cc1. The molecular formula is C20H14F3N3O2S. The molecule has 0 unspecified atom stereocenters. The van der Waals surface area contributed by atoms with Crippen molar-refractivity contribution in [2.75, 3.05) is 18.0 Å². The molecular weight excluding hydrogens is 403 g/mol. The normalized spacial score (nSPS) is 14.4. The lowest BCUT2D eigenvalue weighted by molar-refractivity contribution is 0.583. The summed E-state index contributed by atoms with van der Waals surface area (Å²) >= 11 is 0.877. The van der Waals surface area contributed by atoms with E-state index in [1.54, 1.807) is 4.90 Å². The summed E-state index contributed by atoms with van der Waals surface area (Å²) in [5, 5.41) is -0.414. The van der Waals surface area contributed by atoms with E-state index in [9.17, 15) is 18.4 Å². The predicted molar refractivity (Wildman–Crippen MR) is 107 cm³/mol. The van der Waals surface area contributed by atoms with E-state index in [2.05, 4.69) is 4.37 Å². The molecule has 2 aromatic carbocycles. The molecule has 5 nitrogen and oxygen atoms in total. The summed E-state index contributed by atoms with van der Waals surface area (Å²) in [7, 11) is 0. The molecule has 4 aromatic rings. The Bertz CT molecular complexity index is 1380. The summed E-state index contributed by atoms with van der Waals surface area (Å²) in [4.78, 5) is 26.9. The van der Waals surface area contributed by atoms with E-state index in [-0.39, 0.29) is 26.8 Å². The molecule has 29 heavy (non-hydrogen) atoms. The molecule has 0 bridgehead atoms. The van der Waals surface area contributed by atoms with Crippen molar-refractivity contribution in [2.45, 2.75) is 12.8 Å². The third-order valence-electron chi connectivity index (χ3n) is 5.26. The first-order valence-electron chi connectivity index (χ1n) is 9.06. The number of anilines is 1. The smallest absolute Gasteiger partial charge is 0.271 e. The second-order valence-electron chi connectivity index (χ2n) is 6.97. The van der Waals surface area contributed by atoms with Crippen molar-refractivity contribution in [3.8, 4) is 5.69 Å². The standard InChI is InChI=1S/C20H14F3N3O2S/c21-10-3-5-11(6-4-10)26-16-12(18(27)14-19(28)24-29-20(14)26)9-13(22)17(15(16)23)25-7-1-2-8-25/h3-6,9H,1-2,7-8H2,(H,24,28). The van der Waals surface area contributed by atoms with Crippen molar-refractivity contribution >= 4 is 38.3 Å². The van der Waals surface area contributed by atoms with Crippen molar-refractivity contribution in [3.63, 3.8) is 0 Å². The Labute approximate surface area is 165 Å². The predicted octanol–water partition coefficient (Wildman–Crippen LogP) is 3.91. The van der Waals surface area contributed by atoms with Gasteiger partial charge in [0, 0.05) is 18.8 Å². The van der Waals surface area contributed by atoms with E-state index >= 15 is 4.39 Å². The van der Waals surface area contributed by atoms with Gasteiger partial charge in [0.15, 0.2) is 5.82 Å². The van der Waals surface area contributed by atoms with Crippen LogP contribution in [0.4, 0.5) is 18.9 Å². The minimum Gasteiger partial charge on any atom is -0.367 e. The lowest BCUT2D eigenvalue weighted by Gasteiger charge is -2.22. The lowest BCUT2D eigenvalue weighted by atomic mass is 10.1. The minimum atomic E-state index is -0.869. The molecule has 9 heteroatoms. The summed E-state index contributed by atoms with van der Waals surface area (Å²) in [6.07, 6.45) is 1.64. The molecule has 1 aliphatic rings. The van der Waals surface area contributed by atoms with Gasteiger partial charge >= 0.3 is 0 Å². The fourth-order valence-corrected chi connectivity index (χ4v) is 4.81. The number of nitrogens with one attached hydrogen (secondary N) is 1. The van der Waals surface area contributed by atoms with E-state index in [0.29, 0.717) is 18.8 Å². The highest BCUT2D eigenvalue weighted by atomic mass is 32.1. The van der Waals surface area contributed by atoms with E-state index < -0.39 is 28.4 Å². The monoisotopic (exact) mass is 417 g/mol.